The van der Waals surface area contributed by atoms with Crippen LogP contribution in [-0.2, 0) is 4.92 Å². The molecule has 0 rings (SSSR count). The van der Waals surface area contributed by atoms with E-state index >= 15 is 0 Å². The Bertz CT molecular complexity index is 52.9. The van der Waals surface area contributed by atoms with Crippen LogP contribution in [-0.4, -0.2) is 0 Å². The second-order valence-electron chi connectivity index (χ2n) is 2.25. The van der Waals surface area contributed by atoms with Crippen molar-refractivity contribution in [1.82, 2.24) is 0 Å². The quantitative estimate of drug-likeness (QED) is 0.326. The summed E-state index contributed by atoms with van der Waals surface area (Å²) in [5.41, 5.74) is 0. The molecule has 0 fully saturated rings. The Balaban J connectivity index is 0. The van der Waals surface area contributed by atoms with E-state index in [1.165, 1.54) is 32.1 Å². The van der Waals surface area contributed by atoms with Crippen LogP contribution >= 0.6 is 59.9 Å². The van der Waals surface area contributed by atoms with Crippen molar-refractivity contribution in [1.29, 1.82) is 0 Å². The van der Waals surface area contributed by atoms with Crippen LogP contribution in [0.1, 0.15) is 46.0 Å². The van der Waals surface area contributed by atoms with Crippen molar-refractivity contribution in [2.75, 3.05) is 0 Å². The summed E-state index contributed by atoms with van der Waals surface area (Å²) in [6.45, 7) is 4.49. The molecule has 0 aromatic heterocycles. The molecule has 0 nitrogen and oxygen atoms in total. The maximum absolute atomic E-state index is 2.46. The van der Waals surface area contributed by atoms with E-state index in [9.17, 15) is 0 Å². The van der Waals surface area contributed by atoms with Gasteiger partial charge in [-0.3, -0.25) is 0 Å². The van der Waals surface area contributed by atoms with Crippen LogP contribution in [0.4, 0.5) is 0 Å². The number of hydrogen-bond donors (Lipinski definition) is 0. The van der Waals surface area contributed by atoms with E-state index in [2.05, 4.69) is 73.8 Å². The molecule has 11 heavy (non-hydrogen) atoms. The van der Waals surface area contributed by atoms with Gasteiger partial charge in [-0.05, 0) is 0 Å². The van der Waals surface area contributed by atoms with Crippen LogP contribution in [0.5, 0.6) is 0 Å². The van der Waals surface area contributed by atoms with Crippen LogP contribution in [0.2, 0.25) is 0 Å². The van der Waals surface area contributed by atoms with Crippen molar-refractivity contribution in [2.45, 2.75) is 46.0 Å². The van der Waals surface area contributed by atoms with Crippen LogP contribution < -0.4 is 0 Å². The SMILES string of the molecule is CCCCCCC.[I][V]([I])[I]. The molecule has 0 aromatic carbocycles. The van der Waals surface area contributed by atoms with Gasteiger partial charge in [0.25, 0.3) is 0 Å². The van der Waals surface area contributed by atoms with Gasteiger partial charge in [0.1, 0.15) is 0 Å². The Morgan fingerprint density at radius 1 is 0.818 bits per heavy atom. The molecule has 0 atom stereocenters. The topological polar surface area (TPSA) is 0 Å². The van der Waals surface area contributed by atoms with Gasteiger partial charge in [0.2, 0.25) is 0 Å². The van der Waals surface area contributed by atoms with Gasteiger partial charge < -0.3 is 0 Å². The first-order valence-electron chi connectivity index (χ1n) is 3.92. The second-order valence-corrected chi connectivity index (χ2v) is 37.6. The molecule has 0 saturated heterocycles. The standard InChI is InChI=1S/C7H16.3HI.V/c1-3-5-7-6-4-2;;;;/h3-7H2,1-2H3;3*1H;/q;;;;+3/p-3. The monoisotopic (exact) mass is 532 g/mol. The molecule has 0 aliphatic carbocycles. The molecular weight excluding hydrogens is 516 g/mol. The molecule has 0 unspecified atom stereocenters. The van der Waals surface area contributed by atoms with Crippen LogP contribution in [0, 0.1) is 0 Å². The van der Waals surface area contributed by atoms with E-state index < -0.39 is 0 Å². The fourth-order valence-electron chi connectivity index (χ4n) is 0.677. The number of hydrogen-bond acceptors (Lipinski definition) is 0. The Labute approximate surface area is 109 Å². The van der Waals surface area contributed by atoms with E-state index in [1.807, 2.05) is 0 Å². The second kappa shape index (κ2) is 15.3. The third-order valence-corrected chi connectivity index (χ3v) is 1.21. The van der Waals surface area contributed by atoms with Crippen LogP contribution in [0.15, 0.2) is 0 Å². The predicted octanol–water partition coefficient (Wildman–Crippen LogP) is 5.63. The van der Waals surface area contributed by atoms with Gasteiger partial charge in [-0.15, -0.1) is 0 Å². The zero-order valence-corrected chi connectivity index (χ0v) is 15.0. The van der Waals surface area contributed by atoms with E-state index in [0.29, 0.717) is 0 Å². The van der Waals surface area contributed by atoms with E-state index in [-0.39, 0.29) is 4.92 Å². The maximum atomic E-state index is 2.46. The van der Waals surface area contributed by atoms with Gasteiger partial charge >= 0.3 is 64.9 Å². The summed E-state index contributed by atoms with van der Waals surface area (Å²) in [7, 11) is 0. The summed E-state index contributed by atoms with van der Waals surface area (Å²) in [6, 6.07) is 0. The van der Waals surface area contributed by atoms with E-state index in [0.717, 1.165) is 0 Å². The van der Waals surface area contributed by atoms with Crippen molar-refractivity contribution < 1.29 is 4.92 Å². The van der Waals surface area contributed by atoms with Gasteiger partial charge in [0.15, 0.2) is 0 Å². The summed E-state index contributed by atoms with van der Waals surface area (Å²) in [5, 5.41) is 0. The fourth-order valence-corrected chi connectivity index (χ4v) is 0.677. The predicted molar refractivity (Wildman–Crippen MR) is 76.5 cm³/mol. The van der Waals surface area contributed by atoms with Crippen LogP contribution in [0.25, 0.3) is 0 Å². The summed E-state index contributed by atoms with van der Waals surface area (Å²) in [4.78, 5) is -0.278. The average molecular weight is 532 g/mol. The minimum absolute atomic E-state index is 0.278. The van der Waals surface area contributed by atoms with Gasteiger partial charge in [0.05, 0.1) is 0 Å². The van der Waals surface area contributed by atoms with E-state index in [4.69, 9.17) is 0 Å². The number of unbranched alkanes of at least 4 members (excludes halogenated alkanes) is 4. The molecule has 0 radical (unpaired) electrons. The van der Waals surface area contributed by atoms with Gasteiger partial charge in [-0.2, -0.15) is 0 Å². The van der Waals surface area contributed by atoms with Gasteiger partial charge in [0, 0.05) is 0 Å². The van der Waals surface area contributed by atoms with Crippen LogP contribution in [0.3, 0.4) is 0 Å². The Morgan fingerprint density at radius 3 is 1.27 bits per heavy atom. The molecule has 0 N–H and O–H groups in total. The Morgan fingerprint density at radius 2 is 1.09 bits per heavy atom. The molecule has 0 saturated carbocycles. The number of halogens is 3. The molecule has 0 aliphatic rings. The average Bonchev–Trinajstić information content (AvgIpc) is 1.88. The first-order chi connectivity index (χ1) is 5.15. The van der Waals surface area contributed by atoms with Crippen molar-refractivity contribution in [2.24, 2.45) is 0 Å². The summed E-state index contributed by atoms with van der Waals surface area (Å²) >= 11 is 7.39. The first-order valence-corrected chi connectivity index (χ1v) is 17.4. The number of rotatable bonds is 4. The summed E-state index contributed by atoms with van der Waals surface area (Å²) in [5.74, 6) is 0. The first kappa shape index (κ1) is 16.2. The molecule has 0 aromatic rings. The molecule has 70 valence electrons. The minimum atomic E-state index is -0.278. The third kappa shape index (κ3) is 32.3. The molecule has 4 heteroatoms. The van der Waals surface area contributed by atoms with Gasteiger partial charge in [-0.1, -0.05) is 46.0 Å². The summed E-state index contributed by atoms with van der Waals surface area (Å²) < 4.78 is 0. The normalized spacial score (nSPS) is 9.27. The molecule has 0 aliphatic heterocycles. The molecular formula is C7H16I3V. The summed E-state index contributed by atoms with van der Waals surface area (Å²) in [6.07, 6.45) is 7.01. The molecule has 0 bridgehead atoms. The van der Waals surface area contributed by atoms with Crippen molar-refractivity contribution in [3.63, 3.8) is 0 Å². The van der Waals surface area contributed by atoms with Crippen molar-refractivity contribution >= 4 is 59.9 Å². The van der Waals surface area contributed by atoms with Crippen molar-refractivity contribution in [3.8, 4) is 0 Å². The zero-order valence-electron chi connectivity index (χ0n) is 7.12. The zero-order chi connectivity index (χ0) is 9.11. The third-order valence-electron chi connectivity index (χ3n) is 1.21. The molecule has 0 heterocycles. The Kier molecular flexibility index (Phi) is 22.5. The Hall–Kier alpha value is 2.77. The van der Waals surface area contributed by atoms with E-state index in [1.54, 1.807) is 0 Å². The van der Waals surface area contributed by atoms with Gasteiger partial charge in [-0.25, -0.2) is 0 Å². The molecule has 0 spiro atoms. The fraction of sp³-hybridized carbons (Fsp3) is 1.00. The molecule has 0 amide bonds. The van der Waals surface area contributed by atoms with Crippen molar-refractivity contribution in [3.05, 3.63) is 0 Å².